The second-order valence-electron chi connectivity index (χ2n) is 8.14. The van der Waals surface area contributed by atoms with Crippen molar-refractivity contribution in [3.8, 4) is 5.75 Å². The molecule has 0 spiro atoms. The maximum Gasteiger partial charge on any atom is 0.290 e. The van der Waals surface area contributed by atoms with Crippen molar-refractivity contribution in [1.29, 1.82) is 0 Å². The summed E-state index contributed by atoms with van der Waals surface area (Å²) in [6.45, 7) is 8.49. The van der Waals surface area contributed by atoms with Crippen molar-refractivity contribution in [3.05, 3.63) is 65.9 Å². The lowest BCUT2D eigenvalue weighted by Gasteiger charge is -2.35. The van der Waals surface area contributed by atoms with Crippen molar-refractivity contribution < 1.29 is 18.7 Å². The number of likely N-dealkylation sites (N-methyl/N-ethyl adjacent to an activating group) is 1. The molecule has 4 rings (SSSR count). The average molecular weight is 450 g/mol. The monoisotopic (exact) mass is 449 g/mol. The van der Waals surface area contributed by atoms with Crippen molar-refractivity contribution in [2.75, 3.05) is 45.8 Å². The van der Waals surface area contributed by atoms with E-state index in [1.54, 1.807) is 0 Å². The summed E-state index contributed by atoms with van der Waals surface area (Å²) in [4.78, 5) is 31.6. The first-order valence-electron chi connectivity index (χ1n) is 11.6. The Labute approximate surface area is 194 Å². The Morgan fingerprint density at radius 1 is 0.939 bits per heavy atom. The number of carbonyl (C=O) groups is 2. The van der Waals surface area contributed by atoms with E-state index in [1.807, 2.05) is 78.2 Å². The van der Waals surface area contributed by atoms with Gasteiger partial charge in [-0.05, 0) is 32.0 Å². The minimum Gasteiger partial charge on any atom is -0.489 e. The van der Waals surface area contributed by atoms with Crippen molar-refractivity contribution in [3.63, 3.8) is 0 Å². The summed E-state index contributed by atoms with van der Waals surface area (Å²) >= 11 is 0. The molecule has 0 saturated carbocycles. The van der Waals surface area contributed by atoms with Crippen LogP contribution in [0.2, 0.25) is 0 Å². The summed E-state index contributed by atoms with van der Waals surface area (Å²) in [5, 5.41) is 0.889. The third kappa shape index (κ3) is 5.20. The largest absolute Gasteiger partial charge is 0.489 e. The van der Waals surface area contributed by atoms with Crippen LogP contribution in [0, 0.1) is 0 Å². The highest BCUT2D eigenvalue weighted by atomic mass is 16.5. The average Bonchev–Trinajstić information content (AvgIpc) is 3.23. The SMILES string of the molecule is CCN(CC)C(=O)CN1CCN(C(=O)c2oc3ccccc3c2COc2ccccc2)CC1. The minimum atomic E-state index is -0.132. The molecule has 0 N–H and O–H groups in total. The van der Waals surface area contributed by atoms with Gasteiger partial charge in [-0.1, -0.05) is 36.4 Å². The van der Waals surface area contributed by atoms with Crippen LogP contribution in [0.5, 0.6) is 5.75 Å². The highest BCUT2D eigenvalue weighted by molar-refractivity contribution is 5.99. The fourth-order valence-electron chi connectivity index (χ4n) is 4.21. The Kier molecular flexibility index (Phi) is 7.29. The van der Waals surface area contributed by atoms with Gasteiger partial charge in [-0.3, -0.25) is 14.5 Å². The second-order valence-corrected chi connectivity index (χ2v) is 8.14. The molecule has 33 heavy (non-hydrogen) atoms. The summed E-state index contributed by atoms with van der Waals surface area (Å²) in [6, 6.07) is 17.2. The number of hydrogen-bond donors (Lipinski definition) is 0. The predicted molar refractivity (Wildman–Crippen MR) is 127 cm³/mol. The maximum absolute atomic E-state index is 13.4. The van der Waals surface area contributed by atoms with Gasteiger partial charge in [0.2, 0.25) is 5.91 Å². The first-order chi connectivity index (χ1) is 16.1. The smallest absolute Gasteiger partial charge is 0.290 e. The van der Waals surface area contributed by atoms with Gasteiger partial charge in [0.25, 0.3) is 5.91 Å². The number of rotatable bonds is 8. The third-order valence-electron chi connectivity index (χ3n) is 6.15. The van der Waals surface area contributed by atoms with Crippen molar-refractivity contribution in [2.24, 2.45) is 0 Å². The van der Waals surface area contributed by atoms with Crippen LogP contribution >= 0.6 is 0 Å². The molecule has 0 unspecified atom stereocenters. The van der Waals surface area contributed by atoms with Gasteiger partial charge in [-0.25, -0.2) is 0 Å². The molecule has 1 aromatic heterocycles. The number of nitrogens with zero attached hydrogens (tertiary/aromatic N) is 3. The van der Waals surface area contributed by atoms with Crippen LogP contribution in [0.15, 0.2) is 59.0 Å². The molecule has 174 valence electrons. The minimum absolute atomic E-state index is 0.132. The first kappa shape index (κ1) is 22.9. The second kappa shape index (κ2) is 10.5. The fourth-order valence-corrected chi connectivity index (χ4v) is 4.21. The van der Waals surface area contributed by atoms with Crippen LogP contribution in [0.4, 0.5) is 0 Å². The summed E-state index contributed by atoms with van der Waals surface area (Å²) in [5.74, 6) is 1.08. The number of piperazine rings is 1. The van der Waals surface area contributed by atoms with E-state index in [1.165, 1.54) is 0 Å². The molecular formula is C26H31N3O4. The normalized spacial score (nSPS) is 14.4. The number of ether oxygens (including phenoxy) is 1. The Bertz CT molecular complexity index is 1080. The molecular weight excluding hydrogens is 418 g/mol. The summed E-state index contributed by atoms with van der Waals surface area (Å²) < 4.78 is 12.0. The van der Waals surface area contributed by atoms with E-state index in [9.17, 15) is 9.59 Å². The van der Waals surface area contributed by atoms with Crippen LogP contribution in [0.1, 0.15) is 30.0 Å². The van der Waals surface area contributed by atoms with Gasteiger partial charge >= 0.3 is 0 Å². The molecule has 1 saturated heterocycles. The van der Waals surface area contributed by atoms with Gasteiger partial charge in [-0.2, -0.15) is 0 Å². The third-order valence-corrected chi connectivity index (χ3v) is 6.15. The molecule has 1 fully saturated rings. The van der Waals surface area contributed by atoms with E-state index in [0.29, 0.717) is 57.2 Å². The molecule has 1 aliphatic heterocycles. The number of carbonyl (C=O) groups excluding carboxylic acids is 2. The number of fused-ring (bicyclic) bond motifs is 1. The lowest BCUT2D eigenvalue weighted by Crippen LogP contribution is -2.51. The Hall–Kier alpha value is -3.32. The van der Waals surface area contributed by atoms with Crippen molar-refractivity contribution in [2.45, 2.75) is 20.5 Å². The predicted octanol–water partition coefficient (Wildman–Crippen LogP) is 3.64. The Balaban J connectivity index is 1.45. The van der Waals surface area contributed by atoms with Crippen molar-refractivity contribution in [1.82, 2.24) is 14.7 Å². The molecule has 2 aromatic carbocycles. The summed E-state index contributed by atoms with van der Waals surface area (Å²) in [6.07, 6.45) is 0. The molecule has 2 amide bonds. The topological polar surface area (TPSA) is 66.2 Å². The highest BCUT2D eigenvalue weighted by Gasteiger charge is 2.29. The van der Waals surface area contributed by atoms with Gasteiger partial charge in [0.15, 0.2) is 5.76 Å². The zero-order chi connectivity index (χ0) is 23.2. The molecule has 0 atom stereocenters. The molecule has 3 aromatic rings. The highest BCUT2D eigenvalue weighted by Crippen LogP contribution is 2.28. The van der Waals surface area contributed by atoms with Gasteiger partial charge in [0.05, 0.1) is 6.54 Å². The Morgan fingerprint density at radius 3 is 2.30 bits per heavy atom. The summed E-state index contributed by atoms with van der Waals surface area (Å²) in [5.41, 5.74) is 1.44. The molecule has 0 aliphatic carbocycles. The van der Waals surface area contributed by atoms with Gasteiger partial charge in [-0.15, -0.1) is 0 Å². The molecule has 0 bridgehead atoms. The van der Waals surface area contributed by atoms with Crippen LogP contribution in [-0.4, -0.2) is 72.3 Å². The van der Waals surface area contributed by atoms with Crippen LogP contribution in [0.3, 0.4) is 0 Å². The van der Waals surface area contributed by atoms with E-state index in [0.717, 1.165) is 16.7 Å². The lowest BCUT2D eigenvalue weighted by atomic mass is 10.1. The van der Waals surface area contributed by atoms with E-state index in [-0.39, 0.29) is 18.4 Å². The molecule has 1 aliphatic rings. The van der Waals surface area contributed by atoms with E-state index in [4.69, 9.17) is 9.15 Å². The van der Waals surface area contributed by atoms with Crippen molar-refractivity contribution >= 4 is 22.8 Å². The molecule has 0 radical (unpaired) electrons. The molecule has 2 heterocycles. The van der Waals surface area contributed by atoms with Crippen LogP contribution in [-0.2, 0) is 11.4 Å². The fraction of sp³-hybridized carbons (Fsp3) is 0.385. The molecule has 7 heteroatoms. The number of furan rings is 1. The lowest BCUT2D eigenvalue weighted by molar-refractivity contribution is -0.132. The standard InChI is InChI=1S/C26H31N3O4/c1-3-28(4-2)24(30)18-27-14-16-29(17-15-27)26(31)25-22(19-32-20-10-6-5-7-11-20)21-12-8-9-13-23(21)33-25/h5-13H,3-4,14-19H2,1-2H3. The zero-order valence-corrected chi connectivity index (χ0v) is 19.3. The quantitative estimate of drug-likeness (QED) is 0.525. The molecule has 7 nitrogen and oxygen atoms in total. The number of amides is 2. The van der Waals surface area contributed by atoms with E-state index >= 15 is 0 Å². The zero-order valence-electron chi connectivity index (χ0n) is 19.3. The number of benzene rings is 2. The van der Waals surface area contributed by atoms with Crippen LogP contribution in [0.25, 0.3) is 11.0 Å². The number of para-hydroxylation sites is 2. The maximum atomic E-state index is 13.4. The summed E-state index contributed by atoms with van der Waals surface area (Å²) in [7, 11) is 0. The Morgan fingerprint density at radius 2 is 1.61 bits per heavy atom. The van der Waals surface area contributed by atoms with Gasteiger partial charge < -0.3 is 19.0 Å². The van der Waals surface area contributed by atoms with E-state index in [2.05, 4.69) is 4.90 Å². The van der Waals surface area contributed by atoms with Crippen LogP contribution < -0.4 is 4.74 Å². The van der Waals surface area contributed by atoms with Gasteiger partial charge in [0, 0.05) is 50.2 Å². The number of hydrogen-bond acceptors (Lipinski definition) is 5. The van der Waals surface area contributed by atoms with E-state index < -0.39 is 0 Å². The van der Waals surface area contributed by atoms with Gasteiger partial charge in [0.1, 0.15) is 17.9 Å². The first-order valence-corrected chi connectivity index (χ1v) is 11.6.